The molecule has 2 aromatic carbocycles. The van der Waals surface area contributed by atoms with Gasteiger partial charge in [-0.25, -0.2) is 0 Å². The minimum absolute atomic E-state index is 0.0926. The van der Waals surface area contributed by atoms with E-state index in [1.54, 1.807) is 30.5 Å². The van der Waals surface area contributed by atoms with E-state index in [1.807, 2.05) is 24.4 Å². The largest absolute Gasteiger partial charge is 0.346 e. The van der Waals surface area contributed by atoms with Crippen LogP contribution in [0.1, 0.15) is 22.7 Å². The maximum Gasteiger partial charge on any atom is 0.313 e. The molecule has 0 saturated carbocycles. The van der Waals surface area contributed by atoms with Gasteiger partial charge in [-0.2, -0.15) is 0 Å². The van der Waals surface area contributed by atoms with Crippen LogP contribution in [0.25, 0.3) is 0 Å². The predicted octanol–water partition coefficient (Wildman–Crippen LogP) is 3.59. The summed E-state index contributed by atoms with van der Waals surface area (Å²) in [6.45, 7) is 1.94. The summed E-state index contributed by atoms with van der Waals surface area (Å²) in [5.74, 6) is -1.41. The van der Waals surface area contributed by atoms with Gasteiger partial charge in [0.25, 0.3) is 0 Å². The van der Waals surface area contributed by atoms with E-state index >= 15 is 0 Å². The zero-order chi connectivity index (χ0) is 21.6. The van der Waals surface area contributed by atoms with Crippen molar-refractivity contribution in [3.05, 3.63) is 94.8 Å². The lowest BCUT2D eigenvalue weighted by Crippen LogP contribution is -2.43. The summed E-state index contributed by atoms with van der Waals surface area (Å²) in [5.41, 5.74) is 4.11. The van der Waals surface area contributed by atoms with Crippen molar-refractivity contribution in [2.45, 2.75) is 19.0 Å². The number of amides is 2. The Kier molecular flexibility index (Phi) is 6.60. The SMILES string of the molecule is O=C(NC[C@@H](c1cccnc1)N1CCc2ccccc2C1)C(=O)Nc1cccc(Cl)c1. The molecule has 0 unspecified atom stereocenters. The molecule has 2 heterocycles. The molecule has 7 heteroatoms. The molecule has 4 rings (SSSR count). The molecular weight excluding hydrogens is 412 g/mol. The molecule has 1 aliphatic heterocycles. The Morgan fingerprint density at radius 3 is 2.65 bits per heavy atom. The smallest absolute Gasteiger partial charge is 0.313 e. The van der Waals surface area contributed by atoms with Gasteiger partial charge >= 0.3 is 11.8 Å². The number of fused-ring (bicyclic) bond motifs is 1. The second-order valence-electron chi connectivity index (χ2n) is 7.47. The number of carbonyl (C=O) groups excluding carboxylic acids is 2. The number of hydrogen-bond acceptors (Lipinski definition) is 4. The number of aromatic nitrogens is 1. The number of hydrogen-bond donors (Lipinski definition) is 2. The second kappa shape index (κ2) is 9.73. The summed E-state index contributed by atoms with van der Waals surface area (Å²) >= 11 is 5.94. The fourth-order valence-electron chi connectivity index (χ4n) is 3.84. The van der Waals surface area contributed by atoms with Crippen molar-refractivity contribution >= 4 is 29.1 Å². The third kappa shape index (κ3) is 5.29. The van der Waals surface area contributed by atoms with Crippen LogP contribution in [0.4, 0.5) is 5.69 Å². The van der Waals surface area contributed by atoms with Gasteiger partial charge in [0.1, 0.15) is 0 Å². The molecule has 0 aliphatic carbocycles. The monoisotopic (exact) mass is 434 g/mol. The number of rotatable bonds is 5. The van der Waals surface area contributed by atoms with Gasteiger partial charge in [-0.1, -0.05) is 48.0 Å². The van der Waals surface area contributed by atoms with E-state index in [-0.39, 0.29) is 6.04 Å². The first-order valence-electron chi connectivity index (χ1n) is 10.2. The number of halogens is 1. The molecule has 0 spiro atoms. The highest BCUT2D eigenvalue weighted by Crippen LogP contribution is 2.27. The van der Waals surface area contributed by atoms with Crippen molar-refractivity contribution in [3.63, 3.8) is 0 Å². The quantitative estimate of drug-likeness (QED) is 0.602. The Hall–Kier alpha value is -3.22. The minimum Gasteiger partial charge on any atom is -0.346 e. The normalized spacial score (nSPS) is 14.4. The molecule has 2 amide bonds. The van der Waals surface area contributed by atoms with Crippen molar-refractivity contribution in [2.75, 3.05) is 18.4 Å². The van der Waals surface area contributed by atoms with Gasteiger partial charge in [0.05, 0.1) is 6.04 Å². The number of pyridine rings is 1. The summed E-state index contributed by atoms with van der Waals surface area (Å²) in [6, 6.07) is 18.9. The van der Waals surface area contributed by atoms with Crippen molar-refractivity contribution < 1.29 is 9.59 Å². The molecular formula is C24H23ClN4O2. The second-order valence-corrected chi connectivity index (χ2v) is 7.90. The number of anilines is 1. The summed E-state index contributed by atoms with van der Waals surface area (Å²) in [6.07, 6.45) is 4.47. The van der Waals surface area contributed by atoms with Gasteiger partial charge < -0.3 is 10.6 Å². The van der Waals surface area contributed by atoms with E-state index in [0.717, 1.165) is 25.1 Å². The molecule has 0 bridgehead atoms. The molecule has 1 aromatic heterocycles. The van der Waals surface area contributed by atoms with E-state index < -0.39 is 11.8 Å². The molecule has 31 heavy (non-hydrogen) atoms. The minimum atomic E-state index is -0.726. The lowest BCUT2D eigenvalue weighted by Gasteiger charge is -2.35. The van der Waals surface area contributed by atoms with Crippen molar-refractivity contribution in [3.8, 4) is 0 Å². The first kappa shape index (κ1) is 21.0. The lowest BCUT2D eigenvalue weighted by molar-refractivity contribution is -0.136. The molecule has 1 aliphatic rings. The van der Waals surface area contributed by atoms with E-state index in [4.69, 9.17) is 11.6 Å². The van der Waals surface area contributed by atoms with Crippen LogP contribution in [-0.2, 0) is 22.6 Å². The number of benzene rings is 2. The maximum atomic E-state index is 12.5. The molecule has 0 radical (unpaired) electrons. The number of nitrogens with zero attached hydrogens (tertiary/aromatic N) is 2. The average Bonchev–Trinajstić information content (AvgIpc) is 2.79. The first-order valence-corrected chi connectivity index (χ1v) is 10.5. The topological polar surface area (TPSA) is 74.3 Å². The summed E-state index contributed by atoms with van der Waals surface area (Å²) in [5, 5.41) is 5.85. The Bertz CT molecular complexity index is 1070. The van der Waals surface area contributed by atoms with Crippen LogP contribution in [0, 0.1) is 0 Å². The molecule has 0 saturated heterocycles. The van der Waals surface area contributed by atoms with Gasteiger partial charge in [-0.15, -0.1) is 0 Å². The van der Waals surface area contributed by atoms with Crippen molar-refractivity contribution in [1.82, 2.24) is 15.2 Å². The number of nitrogens with one attached hydrogen (secondary N) is 2. The summed E-state index contributed by atoms with van der Waals surface area (Å²) < 4.78 is 0. The standard InChI is InChI=1S/C24H23ClN4O2/c25-20-8-3-9-21(13-20)28-24(31)23(30)27-15-22(18-7-4-11-26-14-18)29-12-10-17-5-1-2-6-19(17)16-29/h1-9,11,13-14,22H,10,12,15-16H2,(H,27,30)(H,28,31)/t22-/m0/s1. The zero-order valence-electron chi connectivity index (χ0n) is 16.9. The Morgan fingerprint density at radius 1 is 1.03 bits per heavy atom. The summed E-state index contributed by atoms with van der Waals surface area (Å²) in [4.78, 5) is 31.3. The van der Waals surface area contributed by atoms with Gasteiger partial charge in [-0.3, -0.25) is 19.5 Å². The highest BCUT2D eigenvalue weighted by molar-refractivity contribution is 6.39. The molecule has 3 aromatic rings. The zero-order valence-corrected chi connectivity index (χ0v) is 17.7. The van der Waals surface area contributed by atoms with Crippen LogP contribution >= 0.6 is 11.6 Å². The Labute approximate surface area is 186 Å². The van der Waals surface area contributed by atoms with Crippen molar-refractivity contribution in [2.24, 2.45) is 0 Å². The molecule has 158 valence electrons. The molecule has 6 nitrogen and oxygen atoms in total. The predicted molar refractivity (Wildman–Crippen MR) is 121 cm³/mol. The summed E-state index contributed by atoms with van der Waals surface area (Å²) in [7, 11) is 0. The van der Waals surface area contributed by atoms with Crippen LogP contribution in [0.15, 0.2) is 73.1 Å². The fraction of sp³-hybridized carbons (Fsp3) is 0.208. The van der Waals surface area contributed by atoms with Gasteiger partial charge in [0.15, 0.2) is 0 Å². The first-order chi connectivity index (χ1) is 15.1. The van der Waals surface area contributed by atoms with Gasteiger partial charge in [0, 0.05) is 42.7 Å². The van der Waals surface area contributed by atoms with E-state index in [0.29, 0.717) is 17.3 Å². The number of carbonyl (C=O) groups is 2. The van der Waals surface area contributed by atoms with Crippen LogP contribution in [-0.4, -0.2) is 34.8 Å². The third-order valence-corrected chi connectivity index (χ3v) is 5.65. The van der Waals surface area contributed by atoms with Crippen molar-refractivity contribution in [1.29, 1.82) is 0 Å². The highest BCUT2D eigenvalue weighted by Gasteiger charge is 2.26. The Morgan fingerprint density at radius 2 is 1.87 bits per heavy atom. The van der Waals surface area contributed by atoms with Crippen LogP contribution in [0.3, 0.4) is 0 Å². The molecule has 2 N–H and O–H groups in total. The fourth-order valence-corrected chi connectivity index (χ4v) is 4.03. The Balaban J connectivity index is 1.44. The van der Waals surface area contributed by atoms with E-state index in [9.17, 15) is 9.59 Å². The highest BCUT2D eigenvalue weighted by atomic mass is 35.5. The molecule has 1 atom stereocenters. The van der Waals surface area contributed by atoms with Gasteiger partial charge in [0.2, 0.25) is 0 Å². The van der Waals surface area contributed by atoms with E-state index in [1.165, 1.54) is 11.1 Å². The third-order valence-electron chi connectivity index (χ3n) is 5.41. The van der Waals surface area contributed by atoms with Gasteiger partial charge in [-0.05, 0) is 47.4 Å². The van der Waals surface area contributed by atoms with Crippen LogP contribution < -0.4 is 10.6 Å². The van der Waals surface area contributed by atoms with Crippen LogP contribution in [0.5, 0.6) is 0 Å². The molecule has 0 fully saturated rings. The maximum absolute atomic E-state index is 12.5. The lowest BCUT2D eigenvalue weighted by atomic mass is 9.97. The van der Waals surface area contributed by atoms with Crippen LogP contribution in [0.2, 0.25) is 5.02 Å². The average molecular weight is 435 g/mol. The van der Waals surface area contributed by atoms with E-state index in [2.05, 4.69) is 38.7 Å².